The maximum absolute atomic E-state index is 5.38. The largest absolute Gasteiger partial charge is 0.497 e. The molecule has 0 spiro atoms. The van der Waals surface area contributed by atoms with E-state index in [1.54, 1.807) is 14.2 Å². The minimum Gasteiger partial charge on any atom is -0.497 e. The van der Waals surface area contributed by atoms with Gasteiger partial charge in [0, 0.05) is 10.3 Å². The molecular weight excluding hydrogens is 382 g/mol. The van der Waals surface area contributed by atoms with Crippen molar-refractivity contribution in [3.63, 3.8) is 0 Å². The molecule has 4 heteroatoms. The fourth-order valence-corrected chi connectivity index (χ4v) is 6.78. The molecule has 0 saturated heterocycles. The summed E-state index contributed by atoms with van der Waals surface area (Å²) in [6.07, 6.45) is 1.01. The van der Waals surface area contributed by atoms with Gasteiger partial charge in [-0.1, -0.05) is 38.0 Å². The lowest BCUT2D eigenvalue weighted by molar-refractivity contribution is 0.414. The smallest absolute Gasteiger partial charge is 0.118 e. The van der Waals surface area contributed by atoms with Gasteiger partial charge in [0.2, 0.25) is 0 Å². The van der Waals surface area contributed by atoms with Crippen LogP contribution in [-0.4, -0.2) is 24.7 Å². The highest BCUT2D eigenvalue weighted by Crippen LogP contribution is 2.54. The van der Waals surface area contributed by atoms with Gasteiger partial charge >= 0.3 is 0 Å². The Morgan fingerprint density at radius 3 is 1.61 bits per heavy atom. The zero-order chi connectivity index (χ0) is 20.5. The predicted octanol–water partition coefficient (Wildman–Crippen LogP) is 6.46. The normalized spacial score (nSPS) is 20.2. The fraction of sp³-hybridized carbons (Fsp3) is 0.375. The molecule has 2 unspecified atom stereocenters. The Morgan fingerprint density at radius 2 is 1.29 bits per heavy atom. The fourth-order valence-electron chi connectivity index (χ4n) is 4.08. The summed E-state index contributed by atoms with van der Waals surface area (Å²) in [5, 5.41) is 1.39. The van der Waals surface area contributed by atoms with Crippen LogP contribution in [0.2, 0.25) is 0 Å². The minimum atomic E-state index is -0.202. The first-order chi connectivity index (χ1) is 13.2. The molecule has 0 radical (unpaired) electrons. The van der Waals surface area contributed by atoms with Gasteiger partial charge in [-0.25, -0.2) is 0 Å². The topological polar surface area (TPSA) is 18.5 Å². The molecule has 0 saturated carbocycles. The molecule has 0 N–H and O–H groups in total. The highest BCUT2D eigenvalue weighted by Gasteiger charge is 2.41. The first-order valence-electron chi connectivity index (χ1n) is 9.56. The molecule has 2 aromatic rings. The van der Waals surface area contributed by atoms with Crippen LogP contribution in [0.5, 0.6) is 11.5 Å². The van der Waals surface area contributed by atoms with Crippen LogP contribution in [0.25, 0.3) is 0 Å². The second-order valence-corrected chi connectivity index (χ2v) is 10.7. The van der Waals surface area contributed by atoms with Gasteiger partial charge in [-0.3, -0.25) is 0 Å². The highest BCUT2D eigenvalue weighted by molar-refractivity contribution is 7.44. The van der Waals surface area contributed by atoms with Crippen LogP contribution in [0.3, 0.4) is 0 Å². The zero-order valence-electron chi connectivity index (χ0n) is 17.7. The standard InChI is InChI=1S/C24H30O2P2/c1-16-17(2)23(4,28-18(16)3)15-24(27,19-7-11-21(25-5)12-8-19)20-9-13-22(26-6)14-10-20/h7-14H,15,27H2,1-6H3. The van der Waals surface area contributed by atoms with Crippen LogP contribution in [-0.2, 0) is 5.16 Å². The lowest BCUT2D eigenvalue weighted by Crippen LogP contribution is -2.31. The van der Waals surface area contributed by atoms with Crippen LogP contribution < -0.4 is 9.47 Å². The van der Waals surface area contributed by atoms with Crippen molar-refractivity contribution in [3.8, 4) is 11.5 Å². The molecule has 1 aliphatic heterocycles. The molecule has 0 aromatic heterocycles. The van der Waals surface area contributed by atoms with Crippen molar-refractivity contribution in [2.75, 3.05) is 14.2 Å². The van der Waals surface area contributed by atoms with Crippen LogP contribution in [0.15, 0.2) is 59.7 Å². The first-order valence-corrected chi connectivity index (χ1v) is 11.0. The minimum absolute atomic E-state index is 0.107. The number of methoxy groups -OCH3 is 2. The van der Waals surface area contributed by atoms with Crippen molar-refractivity contribution >= 4 is 22.7 Å². The third kappa shape index (κ3) is 3.78. The number of benzene rings is 2. The summed E-state index contributed by atoms with van der Waals surface area (Å²) >= 11 is 0. The Kier molecular flexibility index (Phi) is 6.04. The highest BCUT2D eigenvalue weighted by atomic mass is 31.1. The van der Waals surface area contributed by atoms with Gasteiger partial charge < -0.3 is 9.47 Å². The summed E-state index contributed by atoms with van der Waals surface area (Å²) < 4.78 is 10.8. The van der Waals surface area contributed by atoms with E-state index < -0.39 is 0 Å². The molecule has 0 aliphatic carbocycles. The van der Waals surface area contributed by atoms with E-state index in [-0.39, 0.29) is 10.3 Å². The SMILES string of the molecule is COc1ccc(C(P)(CC2(C)P=C(C)C(C)=C2C)c2ccc(OC)cc2)cc1. The monoisotopic (exact) mass is 412 g/mol. The van der Waals surface area contributed by atoms with Gasteiger partial charge in [-0.15, -0.1) is 9.24 Å². The quantitative estimate of drug-likeness (QED) is 0.507. The molecule has 1 heterocycles. The number of allylic oxidation sites excluding steroid dienone is 2. The van der Waals surface area contributed by atoms with E-state index in [0.29, 0.717) is 0 Å². The molecule has 0 bridgehead atoms. The molecular formula is C24H30O2P2. The van der Waals surface area contributed by atoms with Crippen molar-refractivity contribution in [3.05, 3.63) is 70.8 Å². The average Bonchev–Trinajstić information content (AvgIpc) is 2.90. The van der Waals surface area contributed by atoms with Crippen molar-refractivity contribution < 1.29 is 9.47 Å². The molecule has 148 valence electrons. The maximum atomic E-state index is 5.38. The third-order valence-corrected chi connectivity index (χ3v) is 8.69. The van der Waals surface area contributed by atoms with E-state index in [0.717, 1.165) is 17.9 Å². The van der Waals surface area contributed by atoms with Gasteiger partial charge in [-0.2, -0.15) is 0 Å². The van der Waals surface area contributed by atoms with Crippen molar-refractivity contribution in [1.29, 1.82) is 0 Å². The Labute approximate surface area is 173 Å². The van der Waals surface area contributed by atoms with Crippen LogP contribution in [0, 0.1) is 0 Å². The van der Waals surface area contributed by atoms with Gasteiger partial charge in [0.15, 0.2) is 0 Å². The second-order valence-electron chi connectivity index (χ2n) is 7.83. The molecule has 3 rings (SSSR count). The average molecular weight is 412 g/mol. The summed E-state index contributed by atoms with van der Waals surface area (Å²) in [5.74, 6) is 1.76. The Balaban J connectivity index is 2.11. The lowest BCUT2D eigenvalue weighted by atomic mass is 9.79. The summed E-state index contributed by atoms with van der Waals surface area (Å²) in [4.78, 5) is 0. The Morgan fingerprint density at radius 1 is 0.857 bits per heavy atom. The zero-order valence-corrected chi connectivity index (χ0v) is 19.7. The van der Waals surface area contributed by atoms with Crippen LogP contribution in [0.4, 0.5) is 0 Å². The summed E-state index contributed by atoms with van der Waals surface area (Å²) in [6.45, 7) is 9.22. The van der Waals surface area contributed by atoms with E-state index in [4.69, 9.17) is 9.47 Å². The summed E-state index contributed by atoms with van der Waals surface area (Å²) in [5.41, 5.74) is 5.51. The lowest BCUT2D eigenvalue weighted by Gasteiger charge is -2.38. The predicted molar refractivity (Wildman–Crippen MR) is 125 cm³/mol. The number of rotatable bonds is 6. The van der Waals surface area contributed by atoms with E-state index in [2.05, 4.69) is 85.5 Å². The first kappa shape index (κ1) is 21.1. The van der Waals surface area contributed by atoms with Crippen molar-refractivity contribution in [2.24, 2.45) is 0 Å². The molecule has 0 fully saturated rings. The number of ether oxygens (including phenoxy) is 2. The molecule has 0 amide bonds. The summed E-state index contributed by atoms with van der Waals surface area (Å²) in [6, 6.07) is 17.0. The number of hydrogen-bond donors (Lipinski definition) is 0. The molecule has 2 aromatic carbocycles. The van der Waals surface area contributed by atoms with Gasteiger partial charge in [0.05, 0.1) is 14.2 Å². The second kappa shape index (κ2) is 8.02. The van der Waals surface area contributed by atoms with E-state index in [9.17, 15) is 0 Å². The number of hydrogen-bond acceptors (Lipinski definition) is 2. The van der Waals surface area contributed by atoms with Gasteiger partial charge in [0.1, 0.15) is 11.5 Å². The molecule has 28 heavy (non-hydrogen) atoms. The van der Waals surface area contributed by atoms with Crippen LogP contribution >= 0.6 is 17.4 Å². The Bertz CT molecular complexity index is 863. The maximum Gasteiger partial charge on any atom is 0.118 e. The third-order valence-electron chi connectivity index (χ3n) is 6.16. The van der Waals surface area contributed by atoms with E-state index in [1.807, 2.05) is 0 Å². The Hall–Kier alpha value is -1.62. The van der Waals surface area contributed by atoms with Gasteiger partial charge in [-0.05, 0) is 80.4 Å². The summed E-state index contributed by atoms with van der Waals surface area (Å²) in [7, 11) is 8.01. The molecule has 2 atom stereocenters. The molecule has 2 nitrogen and oxygen atoms in total. The van der Waals surface area contributed by atoms with E-state index in [1.165, 1.54) is 35.8 Å². The van der Waals surface area contributed by atoms with E-state index >= 15 is 0 Å². The molecule has 1 aliphatic rings. The van der Waals surface area contributed by atoms with Crippen molar-refractivity contribution in [2.45, 2.75) is 44.4 Å². The van der Waals surface area contributed by atoms with Crippen molar-refractivity contribution in [1.82, 2.24) is 0 Å². The van der Waals surface area contributed by atoms with Gasteiger partial charge in [0.25, 0.3) is 0 Å². The van der Waals surface area contributed by atoms with Crippen LogP contribution in [0.1, 0.15) is 45.2 Å².